The molecule has 5 nitrogen and oxygen atoms in total. The molecule has 0 spiro atoms. The summed E-state index contributed by atoms with van der Waals surface area (Å²) in [6.45, 7) is 4.58. The first-order valence-electron chi connectivity index (χ1n) is 6.43. The van der Waals surface area contributed by atoms with Crippen LogP contribution < -0.4 is 5.59 Å². The van der Waals surface area contributed by atoms with Gasteiger partial charge in [-0.15, -0.1) is 5.10 Å². The molecule has 88 valence electrons. The summed E-state index contributed by atoms with van der Waals surface area (Å²) in [7, 11) is -1.07. The topological polar surface area (TPSA) is 49.2 Å². The third-order valence-electron chi connectivity index (χ3n) is 3.07. The van der Waals surface area contributed by atoms with Crippen LogP contribution in [0.25, 0.3) is 0 Å². The highest BCUT2D eigenvalue weighted by Crippen LogP contribution is 2.36. The summed E-state index contributed by atoms with van der Waals surface area (Å²) in [5, 5.41) is 6.85. The van der Waals surface area contributed by atoms with Gasteiger partial charge >= 0.3 is 7.12 Å². The Kier molecular flexibility index (Phi) is 1.68. The molecule has 2 heterocycles. The average molecular weight is 230 g/mol. The minimum Gasteiger partial charge on any atom is -0.398 e. The van der Waals surface area contributed by atoms with Gasteiger partial charge < -0.3 is 9.31 Å². The molecule has 0 bridgehead atoms. The first-order valence-corrected chi connectivity index (χ1v) is 4.93. The van der Waals surface area contributed by atoms with Gasteiger partial charge in [0.2, 0.25) is 0 Å². The first-order chi connectivity index (χ1) is 8.44. The summed E-state index contributed by atoms with van der Waals surface area (Å²) in [4.78, 5) is 0.350. The predicted molar refractivity (Wildman–Crippen MR) is 56.7 cm³/mol. The van der Waals surface area contributed by atoms with Crippen LogP contribution in [0.1, 0.15) is 31.8 Å². The fraction of sp³-hybridized carbons (Fsp3) is 0.778. The summed E-state index contributed by atoms with van der Waals surface area (Å²) in [6.07, 6.45) is 0. The molecule has 0 aliphatic carbocycles. The van der Waals surface area contributed by atoms with Crippen molar-refractivity contribution in [1.29, 1.82) is 0 Å². The summed E-state index contributed by atoms with van der Waals surface area (Å²) in [6, 6.07) is 0. The molecular weight excluding hydrogens is 212 g/mol. The van der Waals surface area contributed by atoms with Gasteiger partial charge in [-0.1, -0.05) is 0 Å². The van der Waals surface area contributed by atoms with Crippen LogP contribution >= 0.6 is 0 Å². The second kappa shape index (κ2) is 3.27. The second-order valence-corrected chi connectivity index (χ2v) is 4.75. The maximum absolute atomic E-state index is 13.7. The van der Waals surface area contributed by atoms with Crippen molar-refractivity contribution in [3.8, 4) is 0 Å². The van der Waals surface area contributed by atoms with E-state index in [4.69, 9.17) is 13.4 Å². The zero-order valence-corrected chi connectivity index (χ0v) is 9.61. The normalized spacial score (nSPS) is 26.3. The van der Waals surface area contributed by atoms with E-state index in [-0.39, 0.29) is 5.59 Å². The number of hydrogen-bond acceptors (Lipinski definition) is 4. The van der Waals surface area contributed by atoms with E-state index in [1.807, 2.05) is 0 Å². The minimum absolute atomic E-state index is 0.255. The standard InChI is InChI=1S/C9H15BFN3O2/c1-8(2)9(3,4)16-10(15-8)6-7(11)13-14(5)12-6/h1-5H3/i5D3. The highest BCUT2D eigenvalue weighted by molar-refractivity contribution is 6.61. The van der Waals surface area contributed by atoms with Gasteiger partial charge in [-0.25, -0.2) is 0 Å². The lowest BCUT2D eigenvalue weighted by atomic mass is 9.85. The maximum atomic E-state index is 13.7. The molecule has 0 saturated carbocycles. The van der Waals surface area contributed by atoms with Crippen LogP contribution in [0.3, 0.4) is 0 Å². The van der Waals surface area contributed by atoms with Crippen LogP contribution in [0.5, 0.6) is 0 Å². The molecule has 16 heavy (non-hydrogen) atoms. The molecule has 1 saturated heterocycles. The molecule has 0 N–H and O–H groups in total. The van der Waals surface area contributed by atoms with Gasteiger partial charge in [0, 0.05) is 11.1 Å². The highest BCUT2D eigenvalue weighted by atomic mass is 19.1. The lowest BCUT2D eigenvalue weighted by molar-refractivity contribution is 0.00578. The Hall–Kier alpha value is -0.945. The Morgan fingerprint density at radius 1 is 1.25 bits per heavy atom. The van der Waals surface area contributed by atoms with Gasteiger partial charge in [0.1, 0.15) is 0 Å². The number of nitrogens with zero attached hydrogens (tertiary/aromatic N) is 3. The van der Waals surface area contributed by atoms with E-state index in [9.17, 15) is 4.39 Å². The molecule has 1 aliphatic heterocycles. The van der Waals surface area contributed by atoms with E-state index >= 15 is 0 Å². The molecule has 0 atom stereocenters. The molecule has 0 unspecified atom stereocenters. The fourth-order valence-electron chi connectivity index (χ4n) is 1.40. The number of hydrogen-bond donors (Lipinski definition) is 0. The van der Waals surface area contributed by atoms with Crippen LogP contribution in [0.4, 0.5) is 4.39 Å². The van der Waals surface area contributed by atoms with Crippen LogP contribution in [-0.4, -0.2) is 33.3 Å². The molecule has 1 aliphatic rings. The van der Waals surface area contributed by atoms with Gasteiger partial charge in [-0.05, 0) is 27.7 Å². The molecule has 1 aromatic rings. The van der Waals surface area contributed by atoms with Gasteiger partial charge in [0.15, 0.2) is 5.59 Å². The largest absolute Gasteiger partial charge is 0.521 e. The molecular formula is C9H15BFN3O2. The smallest absolute Gasteiger partial charge is 0.398 e. The van der Waals surface area contributed by atoms with Gasteiger partial charge in [-0.2, -0.15) is 14.3 Å². The molecule has 7 heteroatoms. The quantitative estimate of drug-likeness (QED) is 0.649. The minimum atomic E-state index is -2.64. The Morgan fingerprint density at radius 3 is 2.25 bits per heavy atom. The molecule has 1 aromatic heterocycles. The van der Waals surface area contributed by atoms with Crippen LogP contribution in [-0.2, 0) is 16.3 Å². The lowest BCUT2D eigenvalue weighted by Crippen LogP contribution is -2.41. The lowest BCUT2D eigenvalue weighted by Gasteiger charge is -2.32. The highest BCUT2D eigenvalue weighted by Gasteiger charge is 2.53. The monoisotopic (exact) mass is 230 g/mol. The van der Waals surface area contributed by atoms with Crippen molar-refractivity contribution in [1.82, 2.24) is 15.0 Å². The number of halogens is 1. The van der Waals surface area contributed by atoms with E-state index in [1.165, 1.54) is 0 Å². The van der Waals surface area contributed by atoms with Crippen molar-refractivity contribution in [2.75, 3.05) is 0 Å². The van der Waals surface area contributed by atoms with Crippen molar-refractivity contribution in [3.05, 3.63) is 5.95 Å². The average Bonchev–Trinajstić information content (AvgIpc) is 2.65. The Labute approximate surface area is 98.3 Å². The maximum Gasteiger partial charge on any atom is 0.521 e. The second-order valence-electron chi connectivity index (χ2n) is 4.75. The third kappa shape index (κ3) is 1.64. The van der Waals surface area contributed by atoms with E-state index in [0.29, 0.717) is 4.80 Å². The van der Waals surface area contributed by atoms with E-state index in [2.05, 4.69) is 10.2 Å². The van der Waals surface area contributed by atoms with E-state index in [0.717, 1.165) is 0 Å². The Morgan fingerprint density at radius 2 is 1.81 bits per heavy atom. The SMILES string of the molecule is [2H]C([2H])([2H])n1nc(F)c(B2OC(C)(C)C(C)(C)O2)n1. The van der Waals surface area contributed by atoms with Gasteiger partial charge in [-0.3, -0.25) is 0 Å². The Balaban J connectivity index is 2.33. The van der Waals surface area contributed by atoms with Crippen LogP contribution in [0, 0.1) is 5.95 Å². The summed E-state index contributed by atoms with van der Waals surface area (Å²) in [5.74, 6) is -1.00. The number of rotatable bonds is 1. The van der Waals surface area contributed by atoms with Crippen LogP contribution in [0.2, 0.25) is 0 Å². The third-order valence-corrected chi connectivity index (χ3v) is 3.07. The van der Waals surface area contributed by atoms with Crippen LogP contribution in [0.15, 0.2) is 0 Å². The summed E-state index contributed by atoms with van der Waals surface area (Å²) >= 11 is 0. The summed E-state index contributed by atoms with van der Waals surface area (Å²) in [5.41, 5.74) is -1.57. The number of aryl methyl sites for hydroxylation is 1. The zero-order valence-electron chi connectivity index (χ0n) is 12.6. The predicted octanol–water partition coefficient (Wildman–Crippen LogP) is 0.253. The summed E-state index contributed by atoms with van der Waals surface area (Å²) < 4.78 is 46.3. The molecule has 2 rings (SSSR count). The fourth-order valence-corrected chi connectivity index (χ4v) is 1.40. The zero-order chi connectivity index (χ0) is 14.6. The first kappa shape index (κ1) is 8.19. The van der Waals surface area contributed by atoms with E-state index in [1.54, 1.807) is 27.7 Å². The molecule has 1 fully saturated rings. The molecule has 0 amide bonds. The van der Waals surface area contributed by atoms with Crippen molar-refractivity contribution < 1.29 is 17.8 Å². The van der Waals surface area contributed by atoms with Crippen molar-refractivity contribution in [2.45, 2.75) is 38.9 Å². The van der Waals surface area contributed by atoms with E-state index < -0.39 is 31.2 Å². The van der Waals surface area contributed by atoms with Gasteiger partial charge in [0.05, 0.1) is 11.2 Å². The Bertz CT molecular complexity index is 487. The van der Waals surface area contributed by atoms with Gasteiger partial charge in [0.25, 0.3) is 5.95 Å². The molecule has 0 aromatic carbocycles. The van der Waals surface area contributed by atoms with Crippen molar-refractivity contribution >= 4 is 12.7 Å². The van der Waals surface area contributed by atoms with Crippen molar-refractivity contribution in [2.24, 2.45) is 6.98 Å². The number of aromatic nitrogens is 3. The molecule has 0 radical (unpaired) electrons. The van der Waals surface area contributed by atoms with Crippen molar-refractivity contribution in [3.63, 3.8) is 0 Å².